The number of aromatic nitrogens is 1. The molecule has 1 aromatic heterocycles. The quantitative estimate of drug-likeness (QED) is 0.169. The Morgan fingerprint density at radius 3 is 2.48 bits per heavy atom. The van der Waals surface area contributed by atoms with Gasteiger partial charge in [0, 0.05) is 48.2 Å². The normalized spacial score (nSPS) is 17.8. The average Bonchev–Trinajstić information content (AvgIpc) is 3.67. The molecular weight excluding hydrogens is 571 g/mol. The van der Waals surface area contributed by atoms with Gasteiger partial charge in [0.2, 0.25) is 15.2 Å². The van der Waals surface area contributed by atoms with Crippen molar-refractivity contribution in [2.24, 2.45) is 5.10 Å². The number of hydrogen-bond donors (Lipinski definition) is 0. The number of anilines is 1. The summed E-state index contributed by atoms with van der Waals surface area (Å²) in [6, 6.07) is 19.6. The maximum Gasteiger partial charge on any atom is 0.269 e. The third-order valence-electron chi connectivity index (χ3n) is 7.87. The average molecular weight is 602 g/mol. The minimum absolute atomic E-state index is 0.0343. The molecule has 0 saturated carbocycles. The lowest BCUT2D eigenvalue weighted by molar-refractivity contribution is -0.384. The van der Waals surface area contributed by atoms with E-state index in [4.69, 9.17) is 10.1 Å². The van der Waals surface area contributed by atoms with Gasteiger partial charge in [0.1, 0.15) is 0 Å². The molecule has 6 rings (SSSR count). The maximum atomic E-state index is 13.1. The molecule has 0 spiro atoms. The van der Waals surface area contributed by atoms with Gasteiger partial charge in [-0.15, -0.1) is 11.3 Å². The van der Waals surface area contributed by atoms with Crippen LogP contribution in [0.2, 0.25) is 0 Å². The van der Waals surface area contributed by atoms with Crippen LogP contribution in [0.15, 0.2) is 82.1 Å². The van der Waals surface area contributed by atoms with E-state index in [2.05, 4.69) is 25.1 Å². The number of nitro groups is 1. The molecule has 0 N–H and O–H groups in total. The van der Waals surface area contributed by atoms with Gasteiger partial charge in [-0.05, 0) is 56.0 Å². The largest absolute Gasteiger partial charge is 0.269 e. The van der Waals surface area contributed by atoms with Gasteiger partial charge in [-0.2, -0.15) is 9.41 Å². The van der Waals surface area contributed by atoms with Crippen LogP contribution in [0.5, 0.6) is 0 Å². The Hall–Kier alpha value is -3.93. The van der Waals surface area contributed by atoms with Gasteiger partial charge >= 0.3 is 0 Å². The molecule has 0 unspecified atom stereocenters. The highest BCUT2D eigenvalue weighted by Gasteiger charge is 2.33. The SMILES string of the molecule is Cc1ccc(C)c(C2=NN(c3nc(-c4ccc(S(=O)(=O)N5CCCCC5)cc4)cs3)[C@@H](c3cccc([N+](=O)[O-])c3)C2)c1. The fourth-order valence-corrected chi connectivity index (χ4v) is 7.91. The molecule has 0 radical (unpaired) electrons. The lowest BCUT2D eigenvalue weighted by Crippen LogP contribution is -2.35. The first-order chi connectivity index (χ1) is 20.2. The number of hydrogen-bond acceptors (Lipinski definition) is 8. The Balaban J connectivity index is 1.33. The van der Waals surface area contributed by atoms with Gasteiger partial charge in [0.05, 0.1) is 27.3 Å². The van der Waals surface area contributed by atoms with Crippen LogP contribution in [-0.2, 0) is 10.0 Å². The molecule has 9 nitrogen and oxygen atoms in total. The van der Waals surface area contributed by atoms with Crippen molar-refractivity contribution in [3.63, 3.8) is 0 Å². The number of sulfonamides is 1. The van der Waals surface area contributed by atoms with E-state index in [-0.39, 0.29) is 21.5 Å². The second kappa shape index (κ2) is 11.4. The lowest BCUT2D eigenvalue weighted by atomic mass is 9.95. The number of thiazole rings is 1. The van der Waals surface area contributed by atoms with E-state index in [0.29, 0.717) is 30.3 Å². The van der Waals surface area contributed by atoms with E-state index < -0.39 is 10.0 Å². The third kappa shape index (κ3) is 5.47. The number of rotatable bonds is 7. The predicted molar refractivity (Wildman–Crippen MR) is 166 cm³/mol. The van der Waals surface area contributed by atoms with Gasteiger partial charge in [-0.25, -0.2) is 18.4 Å². The summed E-state index contributed by atoms with van der Waals surface area (Å²) in [6.45, 7) is 5.22. The molecule has 0 aliphatic carbocycles. The molecule has 11 heteroatoms. The van der Waals surface area contributed by atoms with Crippen LogP contribution >= 0.6 is 11.3 Å². The Labute approximate surface area is 249 Å². The maximum absolute atomic E-state index is 13.1. The number of nitro benzene ring substituents is 1. The molecule has 216 valence electrons. The van der Waals surface area contributed by atoms with Crippen molar-refractivity contribution < 1.29 is 13.3 Å². The molecule has 0 bridgehead atoms. The summed E-state index contributed by atoms with van der Waals surface area (Å²) < 4.78 is 27.8. The van der Waals surface area contributed by atoms with Crippen molar-refractivity contribution >= 4 is 37.9 Å². The van der Waals surface area contributed by atoms with Gasteiger partial charge in [-0.3, -0.25) is 10.1 Å². The van der Waals surface area contributed by atoms with Gasteiger partial charge in [-0.1, -0.05) is 48.4 Å². The summed E-state index contributed by atoms with van der Waals surface area (Å²) in [5.41, 5.74) is 6.53. The predicted octanol–water partition coefficient (Wildman–Crippen LogP) is 6.87. The highest BCUT2D eigenvalue weighted by atomic mass is 32.2. The van der Waals surface area contributed by atoms with Crippen LogP contribution in [0.25, 0.3) is 11.3 Å². The number of aryl methyl sites for hydroxylation is 2. The van der Waals surface area contributed by atoms with E-state index in [1.807, 2.05) is 23.4 Å². The van der Waals surface area contributed by atoms with Crippen LogP contribution in [0, 0.1) is 24.0 Å². The topological polar surface area (TPSA) is 109 Å². The zero-order valence-corrected chi connectivity index (χ0v) is 25.1. The zero-order valence-electron chi connectivity index (χ0n) is 23.4. The van der Waals surface area contributed by atoms with Crippen LogP contribution in [0.1, 0.15) is 54.0 Å². The van der Waals surface area contributed by atoms with E-state index >= 15 is 0 Å². The Bertz CT molecular complexity index is 1780. The molecule has 3 heterocycles. The molecule has 1 atom stereocenters. The number of non-ortho nitro benzene ring substituents is 1. The zero-order chi connectivity index (χ0) is 29.4. The second-order valence-electron chi connectivity index (χ2n) is 10.8. The highest BCUT2D eigenvalue weighted by Crippen LogP contribution is 2.40. The standard InChI is InChI=1S/C31H31N5O4S2/c1-21-9-10-22(2)27(17-21)28-19-30(24-7-6-8-25(18-24)36(37)38)35(33-28)31-32-29(20-41-31)23-11-13-26(14-12-23)42(39,40)34-15-4-3-5-16-34/h6-14,17-18,20,30H,3-5,15-16,19H2,1-2H3/t30-/m1/s1. The molecule has 42 heavy (non-hydrogen) atoms. The Morgan fingerprint density at radius 2 is 1.74 bits per heavy atom. The van der Waals surface area contributed by atoms with Gasteiger partial charge < -0.3 is 0 Å². The Morgan fingerprint density at radius 1 is 0.976 bits per heavy atom. The first-order valence-electron chi connectivity index (χ1n) is 14.0. The number of nitrogens with zero attached hydrogens (tertiary/aromatic N) is 5. The fraction of sp³-hybridized carbons (Fsp3) is 0.290. The van der Waals surface area contributed by atoms with Crippen molar-refractivity contribution in [1.29, 1.82) is 0 Å². The van der Waals surface area contributed by atoms with Crippen LogP contribution < -0.4 is 5.01 Å². The summed E-state index contributed by atoms with van der Waals surface area (Å²) in [5.74, 6) is 0. The van der Waals surface area contributed by atoms with E-state index in [9.17, 15) is 18.5 Å². The number of piperidine rings is 1. The van der Waals surface area contributed by atoms with Crippen molar-refractivity contribution in [2.75, 3.05) is 18.1 Å². The molecule has 2 aliphatic heterocycles. The lowest BCUT2D eigenvalue weighted by Gasteiger charge is -2.25. The minimum atomic E-state index is -3.51. The summed E-state index contributed by atoms with van der Waals surface area (Å²) >= 11 is 1.43. The van der Waals surface area contributed by atoms with Crippen LogP contribution in [0.4, 0.5) is 10.8 Å². The molecular formula is C31H31N5O4S2. The molecule has 0 amide bonds. The van der Waals surface area contributed by atoms with Crippen molar-refractivity contribution in [1.82, 2.24) is 9.29 Å². The monoisotopic (exact) mass is 601 g/mol. The summed E-state index contributed by atoms with van der Waals surface area (Å²) in [4.78, 5) is 16.3. The Kier molecular flexibility index (Phi) is 7.65. The molecule has 4 aromatic rings. The van der Waals surface area contributed by atoms with Crippen molar-refractivity contribution in [3.05, 3.63) is 104 Å². The highest BCUT2D eigenvalue weighted by molar-refractivity contribution is 7.89. The van der Waals surface area contributed by atoms with E-state index in [0.717, 1.165) is 52.8 Å². The summed E-state index contributed by atoms with van der Waals surface area (Å²) in [5, 5.41) is 21.0. The van der Waals surface area contributed by atoms with E-state index in [1.165, 1.54) is 17.4 Å². The smallest absolute Gasteiger partial charge is 0.258 e. The summed E-state index contributed by atoms with van der Waals surface area (Å²) in [7, 11) is -3.51. The van der Waals surface area contributed by atoms with Gasteiger partial charge in [0.25, 0.3) is 5.69 Å². The second-order valence-corrected chi connectivity index (χ2v) is 13.6. The third-order valence-corrected chi connectivity index (χ3v) is 10.6. The minimum Gasteiger partial charge on any atom is -0.258 e. The van der Waals surface area contributed by atoms with Crippen molar-refractivity contribution in [2.45, 2.75) is 50.5 Å². The van der Waals surface area contributed by atoms with Crippen LogP contribution in [-0.4, -0.2) is 41.4 Å². The number of hydrazone groups is 1. The van der Waals surface area contributed by atoms with E-state index in [1.54, 1.807) is 40.7 Å². The van der Waals surface area contributed by atoms with Crippen LogP contribution in [0.3, 0.4) is 0 Å². The fourth-order valence-electron chi connectivity index (χ4n) is 5.56. The summed E-state index contributed by atoms with van der Waals surface area (Å²) in [6.07, 6.45) is 3.41. The first kappa shape index (κ1) is 28.2. The molecule has 2 aliphatic rings. The first-order valence-corrected chi connectivity index (χ1v) is 16.3. The molecule has 1 saturated heterocycles. The van der Waals surface area contributed by atoms with Gasteiger partial charge in [0.15, 0.2) is 0 Å². The number of benzene rings is 3. The van der Waals surface area contributed by atoms with Crippen molar-refractivity contribution in [3.8, 4) is 11.3 Å². The molecule has 1 fully saturated rings. The molecule has 3 aromatic carbocycles.